The van der Waals surface area contributed by atoms with Crippen molar-refractivity contribution in [1.29, 1.82) is 0 Å². The van der Waals surface area contributed by atoms with Gasteiger partial charge in [-0.25, -0.2) is 9.79 Å². The number of allylic oxidation sites excluding steroid dienone is 1. The van der Waals surface area contributed by atoms with Crippen LogP contribution in [-0.2, 0) is 9.53 Å². The molecule has 3 aromatic rings. The number of carbonyl (C=O) groups is 1. The van der Waals surface area contributed by atoms with Gasteiger partial charge < -0.3 is 14.2 Å². The number of aromatic nitrogens is 1. The second kappa shape index (κ2) is 8.94. The molecule has 0 aliphatic carbocycles. The Morgan fingerprint density at radius 1 is 1.24 bits per heavy atom. The minimum atomic E-state index is -0.743. The van der Waals surface area contributed by atoms with Crippen LogP contribution in [0.25, 0.3) is 6.08 Å². The molecule has 2 aromatic carbocycles. The van der Waals surface area contributed by atoms with E-state index in [1.54, 1.807) is 50.3 Å². The second-order valence-corrected chi connectivity index (χ2v) is 9.43. The first-order chi connectivity index (χ1) is 16.4. The van der Waals surface area contributed by atoms with Crippen molar-refractivity contribution < 1.29 is 19.0 Å². The molecule has 2 aliphatic rings. The van der Waals surface area contributed by atoms with Crippen molar-refractivity contribution in [3.63, 3.8) is 0 Å². The molecule has 2 aliphatic heterocycles. The number of esters is 1. The largest absolute Gasteiger partial charge is 0.463 e. The van der Waals surface area contributed by atoms with Gasteiger partial charge in [0.05, 0.1) is 28.5 Å². The van der Waals surface area contributed by atoms with E-state index in [0.717, 1.165) is 0 Å². The van der Waals surface area contributed by atoms with Gasteiger partial charge in [-0.3, -0.25) is 9.36 Å². The predicted molar refractivity (Wildman–Crippen MR) is 129 cm³/mol. The summed E-state index contributed by atoms with van der Waals surface area (Å²) >= 11 is 13.5. The number of rotatable bonds is 4. The Balaban J connectivity index is 1.73. The van der Waals surface area contributed by atoms with Gasteiger partial charge in [0.15, 0.2) is 16.3 Å². The maximum Gasteiger partial charge on any atom is 0.338 e. The number of thiazole rings is 1. The highest BCUT2D eigenvalue weighted by atomic mass is 35.5. The fraction of sp³-hybridized carbons (Fsp3) is 0.208. The number of ether oxygens (including phenoxy) is 3. The second-order valence-electron chi connectivity index (χ2n) is 7.58. The quantitative estimate of drug-likeness (QED) is 0.492. The fourth-order valence-electron chi connectivity index (χ4n) is 3.95. The summed E-state index contributed by atoms with van der Waals surface area (Å²) in [4.78, 5) is 31.6. The number of hydrogen-bond donors (Lipinski definition) is 0. The van der Waals surface area contributed by atoms with Gasteiger partial charge in [-0.05, 0) is 55.3 Å². The lowest BCUT2D eigenvalue weighted by molar-refractivity contribution is -0.139. The summed E-state index contributed by atoms with van der Waals surface area (Å²) in [5.41, 5.74) is 1.81. The molecule has 0 spiro atoms. The summed E-state index contributed by atoms with van der Waals surface area (Å²) < 4.78 is 18.2. The van der Waals surface area contributed by atoms with E-state index in [9.17, 15) is 9.59 Å². The summed E-state index contributed by atoms with van der Waals surface area (Å²) in [6, 6.07) is 9.67. The van der Waals surface area contributed by atoms with E-state index in [0.29, 0.717) is 53.3 Å². The molecular formula is C24H18Cl2N2O5S. The molecule has 174 valence electrons. The molecule has 3 heterocycles. The van der Waals surface area contributed by atoms with Crippen LogP contribution in [0.15, 0.2) is 57.5 Å². The Labute approximate surface area is 208 Å². The van der Waals surface area contributed by atoms with E-state index >= 15 is 0 Å². The van der Waals surface area contributed by atoms with Crippen molar-refractivity contribution >= 4 is 46.6 Å². The molecule has 5 rings (SSSR count). The zero-order chi connectivity index (χ0) is 24.0. The summed E-state index contributed by atoms with van der Waals surface area (Å²) in [7, 11) is 0. The summed E-state index contributed by atoms with van der Waals surface area (Å²) in [5.74, 6) is 0.624. The predicted octanol–water partition coefficient (Wildman–Crippen LogP) is 3.83. The van der Waals surface area contributed by atoms with Gasteiger partial charge in [-0.2, -0.15) is 0 Å². The van der Waals surface area contributed by atoms with E-state index in [4.69, 9.17) is 37.4 Å². The molecule has 10 heteroatoms. The topological polar surface area (TPSA) is 79.1 Å². The van der Waals surface area contributed by atoms with Gasteiger partial charge in [0.2, 0.25) is 6.79 Å². The maximum absolute atomic E-state index is 13.6. The van der Waals surface area contributed by atoms with Crippen molar-refractivity contribution in [2.45, 2.75) is 19.9 Å². The van der Waals surface area contributed by atoms with Crippen molar-refractivity contribution in [3.8, 4) is 11.5 Å². The third kappa shape index (κ3) is 3.91. The van der Waals surface area contributed by atoms with Crippen LogP contribution in [0.2, 0.25) is 10.0 Å². The highest BCUT2D eigenvalue weighted by Crippen LogP contribution is 2.38. The molecule has 7 nitrogen and oxygen atoms in total. The zero-order valence-electron chi connectivity index (χ0n) is 18.1. The lowest BCUT2D eigenvalue weighted by Gasteiger charge is -2.24. The molecule has 0 N–H and O–H groups in total. The number of benzene rings is 2. The first-order valence-electron chi connectivity index (χ1n) is 10.4. The lowest BCUT2D eigenvalue weighted by Crippen LogP contribution is -2.39. The van der Waals surface area contributed by atoms with Gasteiger partial charge in [-0.15, -0.1) is 0 Å². The van der Waals surface area contributed by atoms with Crippen LogP contribution in [0, 0.1) is 0 Å². The molecule has 0 bridgehead atoms. The Kier molecular flexibility index (Phi) is 5.97. The molecule has 34 heavy (non-hydrogen) atoms. The van der Waals surface area contributed by atoms with Crippen molar-refractivity contribution in [1.82, 2.24) is 4.57 Å². The SMILES string of the molecule is CCOC(=O)C1=C(C)N=c2s/c(=C/c3ccc(Cl)cc3Cl)c(=O)n2[C@@H]1c1ccc2c(c1)OCO2. The van der Waals surface area contributed by atoms with E-state index < -0.39 is 12.0 Å². The third-order valence-electron chi connectivity index (χ3n) is 5.48. The Morgan fingerprint density at radius 3 is 2.79 bits per heavy atom. The highest BCUT2D eigenvalue weighted by molar-refractivity contribution is 7.07. The third-order valence-corrected chi connectivity index (χ3v) is 7.02. The Bertz CT molecular complexity index is 1540. The minimum Gasteiger partial charge on any atom is -0.463 e. The van der Waals surface area contributed by atoms with Gasteiger partial charge in [0, 0.05) is 10.0 Å². The molecule has 0 saturated heterocycles. The molecule has 0 amide bonds. The van der Waals surface area contributed by atoms with Crippen LogP contribution in [0.1, 0.15) is 31.0 Å². The average Bonchev–Trinajstić information content (AvgIpc) is 3.38. The van der Waals surface area contributed by atoms with Crippen molar-refractivity contribution in [3.05, 3.63) is 88.5 Å². The number of halogens is 2. The minimum absolute atomic E-state index is 0.114. The molecule has 0 unspecified atom stereocenters. The van der Waals surface area contributed by atoms with Crippen LogP contribution < -0.4 is 24.4 Å². The van der Waals surface area contributed by atoms with E-state index in [2.05, 4.69) is 4.99 Å². The van der Waals surface area contributed by atoms with E-state index in [1.165, 1.54) is 15.9 Å². The number of carbonyl (C=O) groups excluding carboxylic acids is 1. The van der Waals surface area contributed by atoms with Crippen LogP contribution >= 0.6 is 34.5 Å². The standard InChI is InChI=1S/C24H18Cl2N2O5S/c1-3-31-23(30)20-12(2)27-24-28(21(20)14-5-7-17-18(8-14)33-11-32-17)22(29)19(34-24)9-13-4-6-15(25)10-16(13)26/h4-10,21H,3,11H2,1-2H3/b19-9+/t21-/m1/s1. The van der Waals surface area contributed by atoms with Gasteiger partial charge in [-0.1, -0.05) is 46.7 Å². The number of nitrogens with zero attached hydrogens (tertiary/aromatic N) is 2. The van der Waals surface area contributed by atoms with Crippen LogP contribution in [-0.4, -0.2) is 23.9 Å². The van der Waals surface area contributed by atoms with E-state index in [-0.39, 0.29) is 19.0 Å². The number of hydrogen-bond acceptors (Lipinski definition) is 7. The highest BCUT2D eigenvalue weighted by Gasteiger charge is 2.34. The normalized spacial score (nSPS) is 16.9. The lowest BCUT2D eigenvalue weighted by atomic mass is 9.95. The number of fused-ring (bicyclic) bond motifs is 2. The van der Waals surface area contributed by atoms with Gasteiger partial charge in [0.1, 0.15) is 0 Å². The molecule has 0 saturated carbocycles. The van der Waals surface area contributed by atoms with Crippen molar-refractivity contribution in [2.24, 2.45) is 4.99 Å². The summed E-state index contributed by atoms with van der Waals surface area (Å²) in [5, 5.41) is 0.926. The van der Waals surface area contributed by atoms with Crippen LogP contribution in [0.3, 0.4) is 0 Å². The van der Waals surface area contributed by atoms with Gasteiger partial charge in [0.25, 0.3) is 5.56 Å². The first kappa shape index (κ1) is 22.7. The summed E-state index contributed by atoms with van der Waals surface area (Å²) in [6.45, 7) is 3.78. The van der Waals surface area contributed by atoms with E-state index in [1.807, 2.05) is 6.07 Å². The molecular weight excluding hydrogens is 499 g/mol. The fourth-order valence-corrected chi connectivity index (χ4v) is 5.45. The first-order valence-corrected chi connectivity index (χ1v) is 12.0. The van der Waals surface area contributed by atoms with Crippen LogP contribution in [0.5, 0.6) is 11.5 Å². The average molecular weight is 517 g/mol. The summed E-state index contributed by atoms with van der Waals surface area (Å²) in [6.07, 6.45) is 1.70. The van der Waals surface area contributed by atoms with Crippen LogP contribution in [0.4, 0.5) is 0 Å². The molecule has 1 aromatic heterocycles. The monoisotopic (exact) mass is 516 g/mol. The zero-order valence-corrected chi connectivity index (χ0v) is 20.5. The molecule has 0 fully saturated rings. The molecule has 0 radical (unpaired) electrons. The molecule has 1 atom stereocenters. The Morgan fingerprint density at radius 2 is 2.03 bits per heavy atom. The van der Waals surface area contributed by atoms with Crippen molar-refractivity contribution in [2.75, 3.05) is 13.4 Å². The smallest absolute Gasteiger partial charge is 0.338 e. The Hall–Kier alpha value is -3.07. The maximum atomic E-state index is 13.6. The van der Waals surface area contributed by atoms with Gasteiger partial charge >= 0.3 is 5.97 Å².